The van der Waals surface area contributed by atoms with E-state index in [9.17, 15) is 4.79 Å². The number of carbonyl (C=O) groups is 1. The largest absolute Gasteiger partial charge is 0.383 e. The highest BCUT2D eigenvalue weighted by Crippen LogP contribution is 2.33. The van der Waals surface area contributed by atoms with Crippen LogP contribution in [0.4, 0.5) is 0 Å². The predicted octanol–water partition coefficient (Wildman–Crippen LogP) is 0.903. The molecule has 20 heavy (non-hydrogen) atoms. The number of aromatic nitrogens is 1. The Morgan fingerprint density at radius 3 is 3.10 bits per heavy atom. The monoisotopic (exact) mass is 275 g/mol. The summed E-state index contributed by atoms with van der Waals surface area (Å²) in [5.74, 6) is 0.271. The van der Waals surface area contributed by atoms with Gasteiger partial charge in [0.05, 0.1) is 6.61 Å². The molecule has 2 saturated heterocycles. The summed E-state index contributed by atoms with van der Waals surface area (Å²) in [5.41, 5.74) is 1.22. The molecule has 2 atom stereocenters. The van der Waals surface area contributed by atoms with Crippen LogP contribution < -0.4 is 0 Å². The summed E-state index contributed by atoms with van der Waals surface area (Å²) < 4.78 is 5.11. The van der Waals surface area contributed by atoms with Gasteiger partial charge in [0.25, 0.3) is 0 Å². The average Bonchev–Trinajstić information content (AvgIpc) is 2.98. The van der Waals surface area contributed by atoms with Gasteiger partial charge < -0.3 is 9.64 Å². The minimum atomic E-state index is 0.271. The van der Waals surface area contributed by atoms with Crippen LogP contribution in [0, 0.1) is 0 Å². The number of rotatable bonds is 5. The zero-order chi connectivity index (χ0) is 13.9. The fourth-order valence-corrected chi connectivity index (χ4v) is 3.41. The third-order valence-electron chi connectivity index (χ3n) is 4.37. The molecule has 108 valence electrons. The number of fused-ring (bicyclic) bond motifs is 1. The first-order valence-corrected chi connectivity index (χ1v) is 7.21. The highest BCUT2D eigenvalue weighted by Gasteiger charge is 2.46. The van der Waals surface area contributed by atoms with Gasteiger partial charge in [-0.25, -0.2) is 0 Å². The molecule has 2 aliphatic rings. The number of methoxy groups -OCH3 is 1. The van der Waals surface area contributed by atoms with E-state index in [1.807, 2.05) is 17.2 Å². The van der Waals surface area contributed by atoms with Crippen LogP contribution in [0.2, 0.25) is 0 Å². The normalized spacial score (nSPS) is 26.2. The van der Waals surface area contributed by atoms with Crippen molar-refractivity contribution in [1.82, 2.24) is 14.8 Å². The van der Waals surface area contributed by atoms with E-state index in [0.29, 0.717) is 25.1 Å². The summed E-state index contributed by atoms with van der Waals surface area (Å²) in [6, 6.07) is 4.79. The van der Waals surface area contributed by atoms with Crippen LogP contribution in [0.1, 0.15) is 18.4 Å². The van der Waals surface area contributed by atoms with Crippen molar-refractivity contribution in [2.75, 3.05) is 26.8 Å². The van der Waals surface area contributed by atoms with Gasteiger partial charge >= 0.3 is 0 Å². The lowest BCUT2D eigenvalue weighted by Crippen LogP contribution is -2.38. The van der Waals surface area contributed by atoms with Crippen molar-refractivity contribution in [3.8, 4) is 0 Å². The molecule has 0 aromatic carbocycles. The van der Waals surface area contributed by atoms with Crippen molar-refractivity contribution in [2.45, 2.75) is 31.5 Å². The van der Waals surface area contributed by atoms with Crippen LogP contribution in [0.25, 0.3) is 0 Å². The summed E-state index contributed by atoms with van der Waals surface area (Å²) in [4.78, 5) is 20.7. The Morgan fingerprint density at radius 1 is 1.45 bits per heavy atom. The standard InChI is InChI=1S/C15H21N3O2/c1-20-8-7-18-13-4-6-17(14(13)9-15(18)19)11-12-3-2-5-16-10-12/h2-3,5,10,13-14H,4,6-9,11H2,1H3/t13-,14+/m1/s1. The quantitative estimate of drug-likeness (QED) is 0.801. The van der Waals surface area contributed by atoms with E-state index in [4.69, 9.17) is 4.74 Å². The number of carbonyl (C=O) groups excluding carboxylic acids is 1. The minimum absolute atomic E-state index is 0.271. The molecule has 0 bridgehead atoms. The van der Waals surface area contributed by atoms with Gasteiger partial charge in [-0.3, -0.25) is 14.7 Å². The van der Waals surface area contributed by atoms with Gasteiger partial charge in [0.1, 0.15) is 0 Å². The van der Waals surface area contributed by atoms with Crippen molar-refractivity contribution in [3.63, 3.8) is 0 Å². The van der Waals surface area contributed by atoms with Crippen LogP contribution >= 0.6 is 0 Å². The molecule has 1 aromatic heterocycles. The topological polar surface area (TPSA) is 45.7 Å². The maximum absolute atomic E-state index is 12.1. The Balaban J connectivity index is 1.65. The molecule has 0 N–H and O–H groups in total. The second kappa shape index (κ2) is 5.89. The van der Waals surface area contributed by atoms with Crippen molar-refractivity contribution in [1.29, 1.82) is 0 Å². The number of hydrogen-bond donors (Lipinski definition) is 0. The summed E-state index contributed by atoms with van der Waals surface area (Å²) in [5, 5.41) is 0. The van der Waals surface area contributed by atoms with Crippen LogP contribution in [0.3, 0.4) is 0 Å². The predicted molar refractivity (Wildman–Crippen MR) is 75.0 cm³/mol. The van der Waals surface area contributed by atoms with Crippen LogP contribution in [-0.4, -0.2) is 59.6 Å². The molecule has 0 saturated carbocycles. The molecule has 1 amide bonds. The highest BCUT2D eigenvalue weighted by atomic mass is 16.5. The summed E-state index contributed by atoms with van der Waals surface area (Å²) in [7, 11) is 1.68. The Labute approximate surface area is 119 Å². The van der Waals surface area contributed by atoms with E-state index in [2.05, 4.69) is 16.0 Å². The van der Waals surface area contributed by atoms with E-state index in [-0.39, 0.29) is 5.91 Å². The van der Waals surface area contributed by atoms with Gasteiger partial charge in [0, 0.05) is 57.6 Å². The Kier molecular flexibility index (Phi) is 3.98. The van der Waals surface area contributed by atoms with Gasteiger partial charge in [-0.15, -0.1) is 0 Å². The third kappa shape index (κ3) is 2.55. The molecule has 0 radical (unpaired) electrons. The van der Waals surface area contributed by atoms with E-state index in [0.717, 1.165) is 26.1 Å². The van der Waals surface area contributed by atoms with Crippen LogP contribution in [0.15, 0.2) is 24.5 Å². The smallest absolute Gasteiger partial charge is 0.224 e. The Bertz CT molecular complexity index is 465. The lowest BCUT2D eigenvalue weighted by atomic mass is 10.1. The van der Waals surface area contributed by atoms with Gasteiger partial charge in [-0.05, 0) is 18.1 Å². The summed E-state index contributed by atoms with van der Waals surface area (Å²) >= 11 is 0. The molecule has 2 aliphatic heterocycles. The second-order valence-electron chi connectivity index (χ2n) is 5.54. The van der Waals surface area contributed by atoms with Gasteiger partial charge in [0.15, 0.2) is 0 Å². The number of amides is 1. The van der Waals surface area contributed by atoms with Crippen molar-refractivity contribution in [3.05, 3.63) is 30.1 Å². The first-order valence-electron chi connectivity index (χ1n) is 7.21. The lowest BCUT2D eigenvalue weighted by molar-refractivity contribution is -0.129. The third-order valence-corrected chi connectivity index (χ3v) is 4.37. The number of likely N-dealkylation sites (tertiary alicyclic amines) is 2. The Hall–Kier alpha value is -1.46. The molecule has 2 fully saturated rings. The van der Waals surface area contributed by atoms with Crippen molar-refractivity contribution in [2.24, 2.45) is 0 Å². The molecular weight excluding hydrogens is 254 g/mol. The molecule has 5 nitrogen and oxygen atoms in total. The summed E-state index contributed by atoms with van der Waals surface area (Å²) in [6.07, 6.45) is 5.42. The van der Waals surface area contributed by atoms with Crippen molar-refractivity contribution >= 4 is 5.91 Å². The molecule has 0 aliphatic carbocycles. The maximum atomic E-state index is 12.1. The molecule has 0 spiro atoms. The van der Waals surface area contributed by atoms with Crippen LogP contribution in [-0.2, 0) is 16.1 Å². The number of hydrogen-bond acceptors (Lipinski definition) is 4. The maximum Gasteiger partial charge on any atom is 0.224 e. The molecule has 5 heteroatoms. The molecule has 0 unspecified atom stereocenters. The zero-order valence-corrected chi connectivity index (χ0v) is 11.9. The van der Waals surface area contributed by atoms with Crippen molar-refractivity contribution < 1.29 is 9.53 Å². The summed E-state index contributed by atoms with van der Waals surface area (Å²) in [6.45, 7) is 3.29. The van der Waals surface area contributed by atoms with E-state index in [1.165, 1.54) is 5.56 Å². The molecule has 3 heterocycles. The molecular formula is C15H21N3O2. The van der Waals surface area contributed by atoms with E-state index >= 15 is 0 Å². The first-order chi connectivity index (χ1) is 9.79. The lowest BCUT2D eigenvalue weighted by Gasteiger charge is -2.25. The Morgan fingerprint density at radius 2 is 2.35 bits per heavy atom. The molecule has 1 aromatic rings. The average molecular weight is 275 g/mol. The fourth-order valence-electron chi connectivity index (χ4n) is 3.41. The number of nitrogens with zero attached hydrogens (tertiary/aromatic N) is 3. The number of pyridine rings is 1. The van der Waals surface area contributed by atoms with Gasteiger partial charge in [-0.2, -0.15) is 0 Å². The van der Waals surface area contributed by atoms with Gasteiger partial charge in [-0.1, -0.05) is 6.07 Å². The number of ether oxygens (including phenoxy) is 1. The minimum Gasteiger partial charge on any atom is -0.383 e. The second-order valence-corrected chi connectivity index (χ2v) is 5.54. The van der Waals surface area contributed by atoms with Crippen LogP contribution in [0.5, 0.6) is 0 Å². The molecule has 3 rings (SSSR count). The zero-order valence-electron chi connectivity index (χ0n) is 11.9. The van der Waals surface area contributed by atoms with Gasteiger partial charge in [0.2, 0.25) is 5.91 Å². The fraction of sp³-hybridized carbons (Fsp3) is 0.600. The SMILES string of the molecule is COCCN1C(=O)C[C@H]2[C@H]1CCN2Cc1cccnc1. The van der Waals surface area contributed by atoms with E-state index in [1.54, 1.807) is 13.3 Å². The highest BCUT2D eigenvalue weighted by molar-refractivity contribution is 5.80. The van der Waals surface area contributed by atoms with E-state index < -0.39 is 0 Å². The first kappa shape index (κ1) is 13.5.